The van der Waals surface area contributed by atoms with Gasteiger partial charge in [-0.2, -0.15) is 0 Å². The highest BCUT2D eigenvalue weighted by atomic mass is 16.6. The smallest absolute Gasteiger partial charge is 0.113 e. The molecule has 0 amide bonds. The summed E-state index contributed by atoms with van der Waals surface area (Å²) in [6.45, 7) is 17.1. The number of hydrogen-bond acceptors (Lipinski definition) is 5. The van der Waals surface area contributed by atoms with Crippen LogP contribution >= 0.6 is 0 Å². The van der Waals surface area contributed by atoms with Crippen LogP contribution in [0.4, 0.5) is 0 Å². The summed E-state index contributed by atoms with van der Waals surface area (Å²) >= 11 is 0. The van der Waals surface area contributed by atoms with Gasteiger partial charge in [0.05, 0.1) is 18.8 Å². The maximum atomic E-state index is 6.62. The molecule has 0 saturated carbocycles. The van der Waals surface area contributed by atoms with Crippen LogP contribution in [-0.2, 0) is 18.9 Å². The molecule has 5 heteroatoms. The van der Waals surface area contributed by atoms with E-state index in [9.17, 15) is 0 Å². The molecule has 0 radical (unpaired) electrons. The lowest BCUT2D eigenvalue weighted by molar-refractivity contribution is -0.201. The van der Waals surface area contributed by atoms with Crippen LogP contribution in [0, 0.1) is 0 Å². The van der Waals surface area contributed by atoms with E-state index >= 15 is 0 Å². The van der Waals surface area contributed by atoms with Crippen molar-refractivity contribution in [1.82, 2.24) is 4.90 Å². The molecule has 1 heterocycles. The molecule has 0 aromatic carbocycles. The number of hydrogen-bond donors (Lipinski definition) is 0. The Morgan fingerprint density at radius 1 is 0.559 bits per heavy atom. The first kappa shape index (κ1) is 31.8. The fourth-order valence-electron chi connectivity index (χ4n) is 4.60. The van der Waals surface area contributed by atoms with E-state index in [1.807, 2.05) is 0 Å². The van der Waals surface area contributed by atoms with Gasteiger partial charge in [-0.3, -0.25) is 4.90 Å². The molecule has 1 rings (SSSR count). The second-order valence-electron chi connectivity index (χ2n) is 10.0. The molecule has 4 unspecified atom stereocenters. The van der Waals surface area contributed by atoms with Crippen molar-refractivity contribution >= 4 is 0 Å². The molecule has 4 atom stereocenters. The summed E-state index contributed by atoms with van der Waals surface area (Å²) < 4.78 is 25.9. The number of nitrogens with zero attached hydrogens (tertiary/aromatic N) is 1. The second-order valence-corrected chi connectivity index (χ2v) is 10.0. The zero-order valence-electron chi connectivity index (χ0n) is 23.5. The predicted octanol–water partition coefficient (Wildman–Crippen LogP) is 7.01. The Bertz CT molecular complexity index is 436. The lowest BCUT2D eigenvalue weighted by Gasteiger charge is -2.48. The topological polar surface area (TPSA) is 40.2 Å². The molecule has 0 aromatic heterocycles. The molecule has 0 aliphatic carbocycles. The third kappa shape index (κ3) is 13.2. The molecule has 1 saturated heterocycles. The first-order chi connectivity index (χ1) is 16.7. The zero-order valence-corrected chi connectivity index (χ0v) is 23.5. The van der Waals surface area contributed by atoms with Gasteiger partial charge in [0.2, 0.25) is 0 Å². The Labute approximate surface area is 212 Å². The normalized spacial score (nSPS) is 23.6. The summed E-state index contributed by atoms with van der Waals surface area (Å²) in [5.41, 5.74) is 0. The van der Waals surface area contributed by atoms with E-state index in [-0.39, 0.29) is 24.4 Å². The third-order valence-corrected chi connectivity index (χ3v) is 6.88. The number of piperidine rings is 1. The SMILES string of the molecule is CCCCCCCN1CC(OCCCC)C(OCCCC)C(OCCCC)C1COCCCC. The van der Waals surface area contributed by atoms with E-state index in [0.717, 1.165) is 91.1 Å². The first-order valence-corrected chi connectivity index (χ1v) is 14.9. The van der Waals surface area contributed by atoms with Gasteiger partial charge in [-0.15, -0.1) is 0 Å². The van der Waals surface area contributed by atoms with E-state index < -0.39 is 0 Å². The molecular weight excluding hydrogens is 426 g/mol. The number of unbranched alkanes of at least 4 members (excludes halogenated alkanes) is 8. The fourth-order valence-corrected chi connectivity index (χ4v) is 4.60. The minimum absolute atomic E-state index is 0.000973. The van der Waals surface area contributed by atoms with Crippen molar-refractivity contribution in [1.29, 1.82) is 0 Å². The van der Waals surface area contributed by atoms with E-state index in [1.165, 1.54) is 38.5 Å². The van der Waals surface area contributed by atoms with Crippen molar-refractivity contribution < 1.29 is 18.9 Å². The summed E-state index contributed by atoms with van der Waals surface area (Å²) in [4.78, 5) is 2.62. The van der Waals surface area contributed by atoms with Gasteiger partial charge in [0.25, 0.3) is 0 Å². The van der Waals surface area contributed by atoms with Crippen LogP contribution in [0.3, 0.4) is 0 Å². The Morgan fingerprint density at radius 2 is 1.09 bits per heavy atom. The lowest BCUT2D eigenvalue weighted by Crippen LogP contribution is -2.65. The average Bonchev–Trinajstić information content (AvgIpc) is 2.84. The highest BCUT2D eigenvalue weighted by molar-refractivity contribution is 4.97. The second kappa shape index (κ2) is 22.0. The van der Waals surface area contributed by atoms with Crippen LogP contribution in [0.1, 0.15) is 118 Å². The standard InChI is InChI=1S/C29H59NO4/c1-6-11-16-17-18-19-30-24-27(32-21-13-8-3)29(34-23-15-10-5)28(33-22-14-9-4)26(30)25-31-20-12-7-2/h26-29H,6-25H2,1-5H3. The van der Waals surface area contributed by atoms with E-state index in [4.69, 9.17) is 18.9 Å². The number of ether oxygens (including phenoxy) is 4. The highest BCUT2D eigenvalue weighted by Crippen LogP contribution is 2.28. The average molecular weight is 486 g/mol. The summed E-state index contributed by atoms with van der Waals surface area (Å²) in [6, 6.07) is 0.234. The molecule has 0 spiro atoms. The summed E-state index contributed by atoms with van der Waals surface area (Å²) in [7, 11) is 0. The van der Waals surface area contributed by atoms with Crippen LogP contribution in [0.2, 0.25) is 0 Å². The predicted molar refractivity (Wildman–Crippen MR) is 144 cm³/mol. The van der Waals surface area contributed by atoms with Crippen molar-refractivity contribution in [3.05, 3.63) is 0 Å². The Morgan fingerprint density at radius 3 is 1.71 bits per heavy atom. The monoisotopic (exact) mass is 485 g/mol. The third-order valence-electron chi connectivity index (χ3n) is 6.88. The fraction of sp³-hybridized carbons (Fsp3) is 1.00. The van der Waals surface area contributed by atoms with Gasteiger partial charge >= 0.3 is 0 Å². The van der Waals surface area contributed by atoms with Gasteiger partial charge in [0.1, 0.15) is 12.2 Å². The van der Waals surface area contributed by atoms with Gasteiger partial charge in [0, 0.05) is 33.0 Å². The summed E-state index contributed by atoms with van der Waals surface area (Å²) in [6.07, 6.45) is 15.5. The molecule has 0 N–H and O–H groups in total. The Kier molecular flexibility index (Phi) is 20.6. The molecule has 1 aliphatic heterocycles. The zero-order chi connectivity index (χ0) is 24.9. The van der Waals surface area contributed by atoms with Crippen molar-refractivity contribution in [3.63, 3.8) is 0 Å². The van der Waals surface area contributed by atoms with E-state index in [2.05, 4.69) is 39.5 Å². The number of rotatable bonds is 23. The maximum Gasteiger partial charge on any atom is 0.113 e. The molecule has 1 fully saturated rings. The van der Waals surface area contributed by atoms with Gasteiger partial charge < -0.3 is 18.9 Å². The molecule has 0 aromatic rings. The summed E-state index contributed by atoms with van der Waals surface area (Å²) in [5, 5.41) is 0. The van der Waals surface area contributed by atoms with Crippen molar-refractivity contribution in [2.45, 2.75) is 142 Å². The van der Waals surface area contributed by atoms with Crippen LogP contribution in [0.15, 0.2) is 0 Å². The molecule has 0 bridgehead atoms. The minimum Gasteiger partial charge on any atom is -0.380 e. The van der Waals surface area contributed by atoms with Crippen molar-refractivity contribution in [3.8, 4) is 0 Å². The first-order valence-electron chi connectivity index (χ1n) is 14.9. The molecule has 204 valence electrons. The molecular formula is C29H59NO4. The van der Waals surface area contributed by atoms with Crippen molar-refractivity contribution in [2.75, 3.05) is 46.1 Å². The molecule has 1 aliphatic rings. The van der Waals surface area contributed by atoms with Gasteiger partial charge in [-0.05, 0) is 38.6 Å². The molecule has 5 nitrogen and oxygen atoms in total. The van der Waals surface area contributed by atoms with Gasteiger partial charge in [0.15, 0.2) is 0 Å². The lowest BCUT2D eigenvalue weighted by atomic mass is 9.92. The largest absolute Gasteiger partial charge is 0.380 e. The van der Waals surface area contributed by atoms with Crippen LogP contribution < -0.4 is 0 Å². The summed E-state index contributed by atoms with van der Waals surface area (Å²) in [5.74, 6) is 0. The maximum absolute atomic E-state index is 6.62. The van der Waals surface area contributed by atoms with Crippen LogP contribution in [-0.4, -0.2) is 75.4 Å². The van der Waals surface area contributed by atoms with Gasteiger partial charge in [-0.1, -0.05) is 86.0 Å². The van der Waals surface area contributed by atoms with Crippen LogP contribution in [0.25, 0.3) is 0 Å². The van der Waals surface area contributed by atoms with E-state index in [1.54, 1.807) is 0 Å². The highest BCUT2D eigenvalue weighted by Gasteiger charge is 2.45. The van der Waals surface area contributed by atoms with Crippen LogP contribution in [0.5, 0.6) is 0 Å². The quantitative estimate of drug-likeness (QED) is 0.146. The van der Waals surface area contributed by atoms with Crippen molar-refractivity contribution in [2.24, 2.45) is 0 Å². The Balaban J connectivity index is 3.02. The molecule has 34 heavy (non-hydrogen) atoms. The Hall–Kier alpha value is -0.200. The van der Waals surface area contributed by atoms with Gasteiger partial charge in [-0.25, -0.2) is 0 Å². The number of likely N-dealkylation sites (tertiary alicyclic amines) is 1. The minimum atomic E-state index is -0.0172. The van der Waals surface area contributed by atoms with E-state index in [0.29, 0.717) is 0 Å².